The molecule has 1 amide bonds. The lowest BCUT2D eigenvalue weighted by atomic mass is 9.74. The first-order chi connectivity index (χ1) is 8.54. The van der Waals surface area contributed by atoms with Crippen molar-refractivity contribution in [2.45, 2.75) is 45.1 Å². The number of hydrogen-bond donors (Lipinski definition) is 0. The molecular formula is C13H19NO4. The molecule has 2 saturated heterocycles. The van der Waals surface area contributed by atoms with Gasteiger partial charge in [-0.05, 0) is 33.1 Å². The van der Waals surface area contributed by atoms with E-state index in [0.717, 1.165) is 6.42 Å². The Morgan fingerprint density at radius 3 is 2.83 bits per heavy atom. The first kappa shape index (κ1) is 13.1. The van der Waals surface area contributed by atoms with Crippen molar-refractivity contribution in [2.24, 2.45) is 5.92 Å². The lowest BCUT2D eigenvalue weighted by Gasteiger charge is -2.44. The van der Waals surface area contributed by atoms with E-state index in [2.05, 4.69) is 0 Å². The number of piperidine rings is 1. The smallest absolute Gasteiger partial charge is 0.332 e. The molecule has 0 radical (unpaired) electrons. The summed E-state index contributed by atoms with van der Waals surface area (Å²) in [4.78, 5) is 37.6. The monoisotopic (exact) mass is 253 g/mol. The number of nitrogens with zero attached hydrogens (tertiary/aromatic N) is 1. The standard InChI is InChI=1S/C13H19NO4/c1-3-18-12(17)13-7-6-11(16)14(13)8-4-5-10(13)9(2)15/h10H,3-8H2,1-2H3. The van der Waals surface area contributed by atoms with E-state index in [9.17, 15) is 14.4 Å². The number of ether oxygens (including phenoxy) is 1. The minimum atomic E-state index is -1.02. The maximum Gasteiger partial charge on any atom is 0.332 e. The van der Waals surface area contributed by atoms with Crippen LogP contribution in [0.1, 0.15) is 39.5 Å². The summed E-state index contributed by atoms with van der Waals surface area (Å²) in [7, 11) is 0. The predicted molar refractivity (Wildman–Crippen MR) is 63.7 cm³/mol. The van der Waals surface area contributed by atoms with E-state index in [0.29, 0.717) is 25.8 Å². The quantitative estimate of drug-likeness (QED) is 0.701. The van der Waals surface area contributed by atoms with Crippen molar-refractivity contribution in [3.8, 4) is 0 Å². The lowest BCUT2D eigenvalue weighted by molar-refractivity contribution is -0.168. The fraction of sp³-hybridized carbons (Fsp3) is 0.769. The van der Waals surface area contributed by atoms with Crippen LogP contribution in [0.5, 0.6) is 0 Å². The van der Waals surface area contributed by atoms with Crippen molar-refractivity contribution < 1.29 is 19.1 Å². The normalized spacial score (nSPS) is 31.1. The molecule has 0 bridgehead atoms. The Balaban J connectivity index is 2.41. The van der Waals surface area contributed by atoms with Crippen LogP contribution in [-0.4, -0.2) is 41.3 Å². The highest BCUT2D eigenvalue weighted by Crippen LogP contribution is 2.43. The van der Waals surface area contributed by atoms with Gasteiger partial charge in [-0.2, -0.15) is 0 Å². The van der Waals surface area contributed by atoms with Gasteiger partial charge in [0, 0.05) is 13.0 Å². The molecule has 2 fully saturated rings. The fourth-order valence-electron chi connectivity index (χ4n) is 3.32. The van der Waals surface area contributed by atoms with Crippen LogP contribution in [0.4, 0.5) is 0 Å². The van der Waals surface area contributed by atoms with E-state index in [1.54, 1.807) is 11.8 Å². The summed E-state index contributed by atoms with van der Waals surface area (Å²) in [6.45, 7) is 4.06. The van der Waals surface area contributed by atoms with Gasteiger partial charge in [-0.1, -0.05) is 0 Å². The van der Waals surface area contributed by atoms with Crippen LogP contribution in [0, 0.1) is 5.92 Å². The van der Waals surface area contributed by atoms with Crippen LogP contribution in [0.2, 0.25) is 0 Å². The third kappa shape index (κ3) is 1.72. The first-order valence-electron chi connectivity index (χ1n) is 6.52. The summed E-state index contributed by atoms with van der Waals surface area (Å²) in [5, 5.41) is 0. The topological polar surface area (TPSA) is 63.7 Å². The minimum absolute atomic E-state index is 0.0255. The van der Waals surface area contributed by atoms with Gasteiger partial charge in [0.25, 0.3) is 0 Å². The lowest BCUT2D eigenvalue weighted by Crippen LogP contribution is -2.61. The number of hydrogen-bond acceptors (Lipinski definition) is 4. The molecule has 5 nitrogen and oxygen atoms in total. The molecule has 0 aromatic carbocycles. The molecule has 2 aliphatic heterocycles. The van der Waals surface area contributed by atoms with Gasteiger partial charge in [0.05, 0.1) is 12.5 Å². The molecule has 2 unspecified atom stereocenters. The molecule has 2 atom stereocenters. The van der Waals surface area contributed by atoms with Crippen LogP contribution in [0.3, 0.4) is 0 Å². The van der Waals surface area contributed by atoms with E-state index in [1.165, 1.54) is 6.92 Å². The summed E-state index contributed by atoms with van der Waals surface area (Å²) in [5.74, 6) is -0.871. The Morgan fingerprint density at radius 1 is 1.50 bits per heavy atom. The number of fused-ring (bicyclic) bond motifs is 1. The molecule has 2 rings (SSSR count). The first-order valence-corrected chi connectivity index (χ1v) is 6.52. The van der Waals surface area contributed by atoms with Crippen LogP contribution in [0.25, 0.3) is 0 Å². The highest BCUT2D eigenvalue weighted by molar-refractivity contribution is 5.97. The molecule has 5 heteroatoms. The molecule has 0 N–H and O–H groups in total. The molecule has 0 aromatic rings. The number of rotatable bonds is 3. The van der Waals surface area contributed by atoms with Gasteiger partial charge in [-0.15, -0.1) is 0 Å². The minimum Gasteiger partial charge on any atom is -0.464 e. The molecular weight excluding hydrogens is 234 g/mol. The highest BCUT2D eigenvalue weighted by Gasteiger charge is 2.59. The molecule has 0 aromatic heterocycles. The molecule has 0 aliphatic carbocycles. The average molecular weight is 253 g/mol. The molecule has 0 saturated carbocycles. The Hall–Kier alpha value is -1.39. The van der Waals surface area contributed by atoms with Crippen molar-refractivity contribution in [2.75, 3.05) is 13.2 Å². The Kier molecular flexibility index (Phi) is 3.41. The number of amides is 1. The van der Waals surface area contributed by atoms with E-state index in [4.69, 9.17) is 4.74 Å². The molecule has 0 spiro atoms. The van der Waals surface area contributed by atoms with Crippen LogP contribution in [-0.2, 0) is 19.1 Å². The third-order valence-corrected chi connectivity index (χ3v) is 4.07. The van der Waals surface area contributed by atoms with E-state index in [1.807, 2.05) is 0 Å². The zero-order valence-electron chi connectivity index (χ0n) is 10.9. The van der Waals surface area contributed by atoms with Crippen LogP contribution >= 0.6 is 0 Å². The van der Waals surface area contributed by atoms with E-state index < -0.39 is 17.4 Å². The maximum absolute atomic E-state index is 12.3. The number of carbonyl (C=O) groups is 3. The number of esters is 1. The SMILES string of the molecule is CCOC(=O)C12CCC(=O)N1CCCC2C(C)=O. The zero-order chi connectivity index (χ0) is 13.3. The van der Waals surface area contributed by atoms with Gasteiger partial charge in [0.15, 0.2) is 5.54 Å². The maximum atomic E-state index is 12.3. The summed E-state index contributed by atoms with van der Waals surface area (Å²) in [6, 6.07) is 0. The third-order valence-electron chi connectivity index (χ3n) is 4.07. The summed E-state index contributed by atoms with van der Waals surface area (Å²) in [5.41, 5.74) is -1.02. The van der Waals surface area contributed by atoms with Crippen LogP contribution < -0.4 is 0 Å². The van der Waals surface area contributed by atoms with Crippen molar-refractivity contribution in [3.63, 3.8) is 0 Å². The van der Waals surface area contributed by atoms with Gasteiger partial charge in [0.2, 0.25) is 5.91 Å². The number of carbonyl (C=O) groups excluding carboxylic acids is 3. The van der Waals surface area contributed by atoms with Gasteiger partial charge in [0.1, 0.15) is 5.78 Å². The van der Waals surface area contributed by atoms with Crippen molar-refractivity contribution in [1.82, 2.24) is 4.90 Å². The highest BCUT2D eigenvalue weighted by atomic mass is 16.5. The second-order valence-electron chi connectivity index (χ2n) is 5.00. The molecule has 18 heavy (non-hydrogen) atoms. The molecule has 2 aliphatic rings. The second kappa shape index (κ2) is 4.71. The number of Topliss-reactive ketones (excluding diaryl/α,β-unsaturated/α-hetero) is 1. The molecule has 100 valence electrons. The summed E-state index contributed by atoms with van der Waals surface area (Å²) < 4.78 is 5.13. The molecule has 2 heterocycles. The van der Waals surface area contributed by atoms with E-state index in [-0.39, 0.29) is 18.3 Å². The van der Waals surface area contributed by atoms with Gasteiger partial charge in [-0.25, -0.2) is 4.79 Å². The van der Waals surface area contributed by atoms with E-state index >= 15 is 0 Å². The Morgan fingerprint density at radius 2 is 2.22 bits per heavy atom. The Bertz CT molecular complexity index is 392. The predicted octanol–water partition coefficient (Wildman–Crippen LogP) is 0.910. The fourth-order valence-corrected chi connectivity index (χ4v) is 3.32. The van der Waals surface area contributed by atoms with Crippen molar-refractivity contribution >= 4 is 17.7 Å². The Labute approximate surface area is 106 Å². The van der Waals surface area contributed by atoms with Crippen molar-refractivity contribution in [1.29, 1.82) is 0 Å². The van der Waals surface area contributed by atoms with Gasteiger partial charge >= 0.3 is 5.97 Å². The summed E-state index contributed by atoms with van der Waals surface area (Å²) >= 11 is 0. The van der Waals surface area contributed by atoms with Crippen LogP contribution in [0.15, 0.2) is 0 Å². The summed E-state index contributed by atoms with van der Waals surface area (Å²) in [6.07, 6.45) is 2.19. The van der Waals surface area contributed by atoms with Crippen molar-refractivity contribution in [3.05, 3.63) is 0 Å². The van der Waals surface area contributed by atoms with Gasteiger partial charge < -0.3 is 9.64 Å². The average Bonchev–Trinajstić information content (AvgIpc) is 2.68. The number of ketones is 1. The largest absolute Gasteiger partial charge is 0.464 e. The zero-order valence-corrected chi connectivity index (χ0v) is 10.9. The van der Waals surface area contributed by atoms with Gasteiger partial charge in [-0.3, -0.25) is 9.59 Å². The second-order valence-corrected chi connectivity index (χ2v) is 5.00.